The fourth-order valence-corrected chi connectivity index (χ4v) is 3.49. The first-order chi connectivity index (χ1) is 9.78. The number of aromatic nitrogens is 3. The molecule has 0 amide bonds. The molecule has 0 fully saturated rings. The molecule has 0 spiro atoms. The van der Waals surface area contributed by atoms with Crippen molar-refractivity contribution in [2.24, 2.45) is 7.05 Å². The maximum atomic E-state index is 9.13. The van der Waals surface area contributed by atoms with Gasteiger partial charge in [-0.1, -0.05) is 11.8 Å². The Labute approximate surface area is 124 Å². The van der Waals surface area contributed by atoms with Crippen molar-refractivity contribution >= 4 is 23.1 Å². The van der Waals surface area contributed by atoms with Crippen LogP contribution in [-0.2, 0) is 19.4 Å². The third kappa shape index (κ3) is 2.65. The molecule has 5 nitrogen and oxygen atoms in total. The first-order valence-electron chi connectivity index (χ1n) is 6.00. The van der Waals surface area contributed by atoms with Gasteiger partial charge in [0.2, 0.25) is 0 Å². The molecular formula is C13H13N3O2S2. The highest BCUT2D eigenvalue weighted by Gasteiger charge is 2.10. The van der Waals surface area contributed by atoms with Gasteiger partial charge in [-0.3, -0.25) is 0 Å². The van der Waals surface area contributed by atoms with Gasteiger partial charge in [-0.05, 0) is 12.1 Å². The SMILES string of the molecule is Cn1c(CO)cnc1SCc1csc(-c2ccco2)n1. The zero-order chi connectivity index (χ0) is 13.9. The summed E-state index contributed by atoms with van der Waals surface area (Å²) >= 11 is 3.17. The van der Waals surface area contributed by atoms with E-state index in [1.165, 1.54) is 0 Å². The monoisotopic (exact) mass is 307 g/mol. The number of imidazole rings is 1. The quantitative estimate of drug-likeness (QED) is 0.734. The summed E-state index contributed by atoms with van der Waals surface area (Å²) < 4.78 is 7.22. The summed E-state index contributed by atoms with van der Waals surface area (Å²) in [6.45, 7) is 0.00338. The Bertz CT molecular complexity index is 688. The molecule has 104 valence electrons. The molecule has 0 aliphatic rings. The van der Waals surface area contributed by atoms with Gasteiger partial charge in [0, 0.05) is 18.2 Å². The van der Waals surface area contributed by atoms with E-state index < -0.39 is 0 Å². The molecule has 0 saturated heterocycles. The number of hydrogen-bond acceptors (Lipinski definition) is 6. The molecule has 3 aromatic rings. The number of rotatable bonds is 5. The van der Waals surface area contributed by atoms with E-state index in [4.69, 9.17) is 9.52 Å². The number of aliphatic hydroxyl groups excluding tert-OH is 1. The van der Waals surface area contributed by atoms with Crippen molar-refractivity contribution in [1.29, 1.82) is 0 Å². The van der Waals surface area contributed by atoms with Crippen molar-refractivity contribution in [3.05, 3.63) is 41.4 Å². The van der Waals surface area contributed by atoms with E-state index in [1.54, 1.807) is 35.6 Å². The van der Waals surface area contributed by atoms with Crippen LogP contribution in [0, 0.1) is 0 Å². The van der Waals surface area contributed by atoms with Gasteiger partial charge in [0.05, 0.1) is 30.5 Å². The van der Waals surface area contributed by atoms with Crippen LogP contribution in [0.1, 0.15) is 11.4 Å². The molecule has 0 radical (unpaired) electrons. The zero-order valence-electron chi connectivity index (χ0n) is 10.8. The van der Waals surface area contributed by atoms with Crippen LogP contribution in [0.5, 0.6) is 0 Å². The lowest BCUT2D eigenvalue weighted by Crippen LogP contribution is -1.97. The Balaban J connectivity index is 1.68. The Kier molecular flexibility index (Phi) is 3.90. The lowest BCUT2D eigenvalue weighted by atomic mass is 10.5. The van der Waals surface area contributed by atoms with Gasteiger partial charge in [0.25, 0.3) is 0 Å². The van der Waals surface area contributed by atoms with Crippen LogP contribution in [-0.4, -0.2) is 19.6 Å². The van der Waals surface area contributed by atoms with E-state index in [-0.39, 0.29) is 6.61 Å². The second-order valence-corrected chi connectivity index (χ2v) is 5.96. The minimum Gasteiger partial charge on any atom is -0.462 e. The molecule has 3 aromatic heterocycles. The van der Waals surface area contributed by atoms with Crippen LogP contribution in [0.25, 0.3) is 10.8 Å². The summed E-state index contributed by atoms with van der Waals surface area (Å²) in [7, 11) is 1.90. The fourth-order valence-electron chi connectivity index (χ4n) is 1.73. The highest BCUT2D eigenvalue weighted by atomic mass is 32.2. The molecule has 7 heteroatoms. The average Bonchev–Trinajstić information content (AvgIpc) is 3.17. The van der Waals surface area contributed by atoms with E-state index in [1.807, 2.05) is 29.1 Å². The second kappa shape index (κ2) is 5.82. The highest BCUT2D eigenvalue weighted by Crippen LogP contribution is 2.27. The topological polar surface area (TPSA) is 64.1 Å². The van der Waals surface area contributed by atoms with E-state index >= 15 is 0 Å². The van der Waals surface area contributed by atoms with Crippen molar-refractivity contribution in [2.75, 3.05) is 0 Å². The van der Waals surface area contributed by atoms with Crippen LogP contribution in [0.15, 0.2) is 39.5 Å². The fraction of sp³-hybridized carbons (Fsp3) is 0.231. The Morgan fingerprint density at radius 2 is 2.40 bits per heavy atom. The summed E-state index contributed by atoms with van der Waals surface area (Å²) in [6, 6.07) is 3.76. The van der Waals surface area contributed by atoms with E-state index in [9.17, 15) is 0 Å². The summed E-state index contributed by atoms with van der Waals surface area (Å²) in [6.07, 6.45) is 3.34. The van der Waals surface area contributed by atoms with Gasteiger partial charge in [0.15, 0.2) is 15.9 Å². The summed E-state index contributed by atoms with van der Waals surface area (Å²) in [5.41, 5.74) is 1.81. The maximum Gasteiger partial charge on any atom is 0.168 e. The minimum atomic E-state index is 0.00338. The van der Waals surface area contributed by atoms with Gasteiger partial charge in [-0.15, -0.1) is 11.3 Å². The summed E-state index contributed by atoms with van der Waals surface area (Å²) in [4.78, 5) is 8.82. The number of thioether (sulfide) groups is 1. The minimum absolute atomic E-state index is 0.00338. The molecule has 1 N–H and O–H groups in total. The second-order valence-electron chi connectivity index (χ2n) is 4.16. The molecule has 3 heterocycles. The Morgan fingerprint density at radius 1 is 1.50 bits per heavy atom. The lowest BCUT2D eigenvalue weighted by molar-refractivity contribution is 0.271. The largest absolute Gasteiger partial charge is 0.462 e. The maximum absolute atomic E-state index is 9.13. The molecule has 0 aromatic carbocycles. The van der Waals surface area contributed by atoms with Crippen molar-refractivity contribution in [2.45, 2.75) is 17.5 Å². The van der Waals surface area contributed by atoms with E-state index in [2.05, 4.69) is 9.97 Å². The molecule has 0 unspecified atom stereocenters. The Hall–Kier alpha value is -1.57. The number of hydrogen-bond donors (Lipinski definition) is 1. The van der Waals surface area contributed by atoms with Gasteiger partial charge in [0.1, 0.15) is 0 Å². The third-order valence-corrected chi connectivity index (χ3v) is 4.82. The first-order valence-corrected chi connectivity index (χ1v) is 7.87. The number of thiazole rings is 1. The molecule has 0 aliphatic carbocycles. The number of aliphatic hydroxyl groups is 1. The standard InChI is InChI=1S/C13H13N3O2S2/c1-16-10(6-17)5-14-13(16)20-8-9-7-19-12(15-9)11-3-2-4-18-11/h2-5,7,17H,6,8H2,1H3. The van der Waals surface area contributed by atoms with E-state index in [0.29, 0.717) is 0 Å². The molecular weight excluding hydrogens is 294 g/mol. The number of furan rings is 1. The van der Waals surface area contributed by atoms with Crippen LogP contribution in [0.4, 0.5) is 0 Å². The van der Waals surface area contributed by atoms with Gasteiger partial charge >= 0.3 is 0 Å². The van der Waals surface area contributed by atoms with Crippen molar-refractivity contribution in [1.82, 2.24) is 14.5 Å². The predicted octanol–water partition coefficient (Wildman–Crippen LogP) is 2.92. The molecule has 20 heavy (non-hydrogen) atoms. The van der Waals surface area contributed by atoms with Crippen LogP contribution in [0.2, 0.25) is 0 Å². The molecule has 0 aliphatic heterocycles. The van der Waals surface area contributed by atoms with E-state index in [0.717, 1.165) is 33.1 Å². The van der Waals surface area contributed by atoms with Gasteiger partial charge < -0.3 is 14.1 Å². The molecule has 0 atom stereocenters. The predicted molar refractivity (Wildman–Crippen MR) is 78.5 cm³/mol. The third-order valence-electron chi connectivity index (χ3n) is 2.84. The number of nitrogens with zero attached hydrogens (tertiary/aromatic N) is 3. The van der Waals surface area contributed by atoms with Crippen LogP contribution < -0.4 is 0 Å². The highest BCUT2D eigenvalue weighted by molar-refractivity contribution is 7.98. The van der Waals surface area contributed by atoms with Gasteiger partial charge in [-0.2, -0.15) is 0 Å². The summed E-state index contributed by atoms with van der Waals surface area (Å²) in [5.74, 6) is 1.54. The molecule has 3 rings (SSSR count). The lowest BCUT2D eigenvalue weighted by Gasteiger charge is -2.02. The smallest absolute Gasteiger partial charge is 0.168 e. The molecule has 0 saturated carbocycles. The molecule has 0 bridgehead atoms. The van der Waals surface area contributed by atoms with Crippen LogP contribution in [0.3, 0.4) is 0 Å². The summed E-state index contributed by atoms with van der Waals surface area (Å²) in [5, 5.41) is 12.9. The Morgan fingerprint density at radius 3 is 3.10 bits per heavy atom. The zero-order valence-corrected chi connectivity index (χ0v) is 12.4. The van der Waals surface area contributed by atoms with Crippen molar-refractivity contribution < 1.29 is 9.52 Å². The van der Waals surface area contributed by atoms with Crippen molar-refractivity contribution in [3.63, 3.8) is 0 Å². The van der Waals surface area contributed by atoms with Gasteiger partial charge in [-0.25, -0.2) is 9.97 Å². The average molecular weight is 307 g/mol. The normalized spacial score (nSPS) is 11.1. The van der Waals surface area contributed by atoms with Crippen molar-refractivity contribution in [3.8, 4) is 10.8 Å². The first kappa shape index (κ1) is 13.4. The van der Waals surface area contributed by atoms with Crippen LogP contribution >= 0.6 is 23.1 Å².